The maximum Gasteiger partial charge on any atom is 0.0649 e. The lowest BCUT2D eigenvalue weighted by molar-refractivity contribution is 1.00. The van der Waals surface area contributed by atoms with E-state index < -0.39 is 0 Å². The molecule has 0 unspecified atom stereocenters. The van der Waals surface area contributed by atoms with E-state index in [0.717, 1.165) is 12.8 Å². The van der Waals surface area contributed by atoms with E-state index in [2.05, 4.69) is 65.7 Å². The molecule has 6 rings (SSSR count). The van der Waals surface area contributed by atoms with E-state index in [1.807, 2.05) is 11.3 Å². The van der Waals surface area contributed by atoms with Crippen molar-refractivity contribution in [1.29, 1.82) is 0 Å². The van der Waals surface area contributed by atoms with E-state index in [4.69, 9.17) is 0 Å². The Bertz CT molecular complexity index is 1300. The number of benzene rings is 3. The molecule has 2 heterocycles. The van der Waals surface area contributed by atoms with Gasteiger partial charge in [-0.05, 0) is 36.1 Å². The maximum absolute atomic E-state index is 3.72. The lowest BCUT2D eigenvalue weighted by Crippen LogP contribution is -1.96. The smallest absolute Gasteiger partial charge is 0.0649 e. The molecule has 2 heteroatoms. The van der Waals surface area contributed by atoms with Crippen LogP contribution in [0.15, 0.2) is 54.6 Å². The summed E-state index contributed by atoms with van der Waals surface area (Å²) < 4.78 is 2.77. The van der Waals surface area contributed by atoms with Crippen molar-refractivity contribution in [2.45, 2.75) is 12.8 Å². The SMILES string of the molecule is C1=Cc2c(c3c4ccccc4[nH]c3c3sc4ccccc4c23)CC1. The number of H-pyrrole nitrogens is 1. The first-order valence-corrected chi connectivity index (χ1v) is 9.26. The number of aromatic amines is 1. The molecule has 0 bridgehead atoms. The summed E-state index contributed by atoms with van der Waals surface area (Å²) in [6.45, 7) is 0. The summed E-state index contributed by atoms with van der Waals surface area (Å²) in [5.41, 5.74) is 5.52. The van der Waals surface area contributed by atoms with Crippen molar-refractivity contribution in [3.05, 3.63) is 65.7 Å². The highest BCUT2D eigenvalue weighted by atomic mass is 32.1. The minimum Gasteiger partial charge on any atom is -0.353 e. The van der Waals surface area contributed by atoms with Crippen LogP contribution in [0.3, 0.4) is 0 Å². The number of thiophene rings is 1. The zero-order chi connectivity index (χ0) is 15.7. The fourth-order valence-corrected chi connectivity index (χ4v) is 5.50. The average Bonchev–Trinajstić information content (AvgIpc) is 3.21. The average molecular weight is 325 g/mol. The summed E-state index contributed by atoms with van der Waals surface area (Å²) in [5.74, 6) is 0. The molecular formula is C22H15NS. The fourth-order valence-electron chi connectivity index (χ4n) is 4.27. The molecule has 0 aliphatic heterocycles. The van der Waals surface area contributed by atoms with Crippen LogP contribution in [0.1, 0.15) is 17.5 Å². The highest BCUT2D eigenvalue weighted by molar-refractivity contribution is 7.26. The second-order valence-electron chi connectivity index (χ2n) is 6.56. The fraction of sp³-hybridized carbons (Fsp3) is 0.0909. The van der Waals surface area contributed by atoms with Crippen molar-refractivity contribution in [2.75, 3.05) is 0 Å². The zero-order valence-corrected chi connectivity index (χ0v) is 13.9. The van der Waals surface area contributed by atoms with Gasteiger partial charge < -0.3 is 4.98 Å². The molecule has 1 aliphatic carbocycles. The van der Waals surface area contributed by atoms with E-state index in [-0.39, 0.29) is 0 Å². The monoisotopic (exact) mass is 325 g/mol. The molecule has 114 valence electrons. The largest absolute Gasteiger partial charge is 0.353 e. The number of aryl methyl sites for hydroxylation is 1. The molecule has 0 saturated heterocycles. The minimum absolute atomic E-state index is 1.13. The Labute approximate surface area is 143 Å². The topological polar surface area (TPSA) is 15.8 Å². The quantitative estimate of drug-likeness (QED) is 0.328. The van der Waals surface area contributed by atoms with Gasteiger partial charge >= 0.3 is 0 Å². The number of rotatable bonds is 0. The highest BCUT2D eigenvalue weighted by Gasteiger charge is 2.21. The molecule has 0 saturated carbocycles. The number of aromatic nitrogens is 1. The maximum atomic E-state index is 3.72. The van der Waals surface area contributed by atoms with Crippen LogP contribution in [0.2, 0.25) is 0 Å². The van der Waals surface area contributed by atoms with Crippen LogP contribution < -0.4 is 0 Å². The Kier molecular flexibility index (Phi) is 2.39. The van der Waals surface area contributed by atoms with Crippen LogP contribution in [-0.2, 0) is 6.42 Å². The van der Waals surface area contributed by atoms with Gasteiger partial charge in [0.2, 0.25) is 0 Å². The number of hydrogen-bond donors (Lipinski definition) is 1. The molecule has 3 aromatic carbocycles. The standard InChI is InChI=1S/C22H15NS/c1-2-8-14-13(7-1)19-15-9-3-5-11-17(15)23-21(19)22-20(14)16-10-4-6-12-18(16)24-22/h2-6,8-12,23H,1,7H2. The van der Waals surface area contributed by atoms with Gasteiger partial charge in [-0.3, -0.25) is 0 Å². The van der Waals surface area contributed by atoms with Crippen molar-refractivity contribution in [3.63, 3.8) is 0 Å². The molecule has 5 aromatic rings. The normalized spacial score (nSPS) is 14.2. The minimum atomic E-state index is 1.13. The summed E-state index contributed by atoms with van der Waals surface area (Å²) in [4.78, 5) is 3.72. The van der Waals surface area contributed by atoms with Gasteiger partial charge in [0.1, 0.15) is 0 Å². The van der Waals surface area contributed by atoms with E-state index in [0.29, 0.717) is 0 Å². The number of nitrogens with one attached hydrogen (secondary N) is 1. The lowest BCUT2D eigenvalue weighted by Gasteiger charge is -2.14. The molecule has 24 heavy (non-hydrogen) atoms. The van der Waals surface area contributed by atoms with E-state index in [1.54, 1.807) is 0 Å². The molecule has 1 N–H and O–H groups in total. The van der Waals surface area contributed by atoms with Crippen LogP contribution in [0.4, 0.5) is 0 Å². The van der Waals surface area contributed by atoms with Crippen LogP contribution in [-0.4, -0.2) is 4.98 Å². The van der Waals surface area contributed by atoms with Crippen LogP contribution in [0.25, 0.3) is 48.1 Å². The van der Waals surface area contributed by atoms with Gasteiger partial charge in [0.15, 0.2) is 0 Å². The Balaban J connectivity index is 2.00. The summed E-state index contributed by atoms with van der Waals surface area (Å²) in [6.07, 6.45) is 6.94. The highest BCUT2D eigenvalue weighted by Crippen LogP contribution is 2.46. The third kappa shape index (κ3) is 1.49. The number of allylic oxidation sites excluding steroid dienone is 1. The van der Waals surface area contributed by atoms with Crippen molar-refractivity contribution in [3.8, 4) is 0 Å². The predicted octanol–water partition coefficient (Wildman–Crippen LogP) is 6.65. The van der Waals surface area contributed by atoms with E-state index in [9.17, 15) is 0 Å². The number of para-hydroxylation sites is 1. The van der Waals surface area contributed by atoms with Crippen molar-refractivity contribution in [2.24, 2.45) is 0 Å². The van der Waals surface area contributed by atoms with Gasteiger partial charge in [0.25, 0.3) is 0 Å². The second kappa shape index (κ2) is 4.49. The second-order valence-corrected chi connectivity index (χ2v) is 7.61. The van der Waals surface area contributed by atoms with Gasteiger partial charge in [-0.2, -0.15) is 0 Å². The van der Waals surface area contributed by atoms with E-state index >= 15 is 0 Å². The Hall–Kier alpha value is -2.58. The Morgan fingerprint density at radius 2 is 1.71 bits per heavy atom. The molecule has 0 amide bonds. The first kappa shape index (κ1) is 12.8. The van der Waals surface area contributed by atoms with Crippen molar-refractivity contribution >= 4 is 59.4 Å². The molecule has 1 nitrogen and oxygen atoms in total. The third-order valence-corrected chi connectivity index (χ3v) is 6.46. The first-order chi connectivity index (χ1) is 11.9. The number of hydrogen-bond acceptors (Lipinski definition) is 1. The predicted molar refractivity (Wildman–Crippen MR) is 106 cm³/mol. The van der Waals surface area contributed by atoms with Crippen LogP contribution in [0, 0.1) is 0 Å². The number of fused-ring (bicyclic) bond motifs is 10. The zero-order valence-electron chi connectivity index (χ0n) is 13.1. The summed E-state index contributed by atoms with van der Waals surface area (Å²) in [6, 6.07) is 17.5. The van der Waals surface area contributed by atoms with Gasteiger partial charge in [0, 0.05) is 31.8 Å². The molecule has 0 atom stereocenters. The Morgan fingerprint density at radius 3 is 2.67 bits per heavy atom. The summed E-state index contributed by atoms with van der Waals surface area (Å²) in [7, 11) is 0. The summed E-state index contributed by atoms with van der Waals surface area (Å²) in [5, 5.41) is 5.61. The van der Waals surface area contributed by atoms with Crippen molar-refractivity contribution in [1.82, 2.24) is 4.98 Å². The molecule has 1 aliphatic rings. The van der Waals surface area contributed by atoms with Gasteiger partial charge in [-0.1, -0.05) is 48.6 Å². The molecule has 0 fully saturated rings. The lowest BCUT2D eigenvalue weighted by atomic mass is 9.89. The molecular weight excluding hydrogens is 310 g/mol. The van der Waals surface area contributed by atoms with Gasteiger partial charge in [-0.15, -0.1) is 11.3 Å². The van der Waals surface area contributed by atoms with Crippen LogP contribution >= 0.6 is 11.3 Å². The Morgan fingerprint density at radius 1 is 0.875 bits per heavy atom. The molecule has 0 spiro atoms. The van der Waals surface area contributed by atoms with Gasteiger partial charge in [0.05, 0.1) is 10.2 Å². The molecule has 2 aromatic heterocycles. The third-order valence-electron chi connectivity index (χ3n) is 5.27. The summed E-state index contributed by atoms with van der Waals surface area (Å²) >= 11 is 1.91. The van der Waals surface area contributed by atoms with E-state index in [1.165, 1.54) is 53.1 Å². The van der Waals surface area contributed by atoms with Crippen LogP contribution in [0.5, 0.6) is 0 Å². The van der Waals surface area contributed by atoms with Crippen molar-refractivity contribution < 1.29 is 0 Å². The molecule has 0 radical (unpaired) electrons. The van der Waals surface area contributed by atoms with Gasteiger partial charge in [-0.25, -0.2) is 0 Å². The first-order valence-electron chi connectivity index (χ1n) is 8.45.